The highest BCUT2D eigenvalue weighted by atomic mass is 16.5. The van der Waals surface area contributed by atoms with E-state index >= 15 is 0 Å². The molecule has 0 aliphatic carbocycles. The van der Waals surface area contributed by atoms with Gasteiger partial charge >= 0.3 is 0 Å². The number of anilines is 2. The maximum atomic E-state index is 13.3. The second-order valence-corrected chi connectivity index (χ2v) is 6.50. The highest BCUT2D eigenvalue weighted by Gasteiger charge is 2.35. The van der Waals surface area contributed by atoms with Crippen molar-refractivity contribution in [3.05, 3.63) is 71.7 Å². The fourth-order valence-corrected chi connectivity index (χ4v) is 3.52. The minimum atomic E-state index is -0.539. The van der Waals surface area contributed by atoms with Gasteiger partial charge in [0, 0.05) is 16.9 Å². The number of rotatable bonds is 5. The predicted molar refractivity (Wildman–Crippen MR) is 109 cm³/mol. The molecule has 4 rings (SSSR count). The van der Waals surface area contributed by atoms with Gasteiger partial charge < -0.3 is 20.1 Å². The van der Waals surface area contributed by atoms with Crippen LogP contribution in [-0.4, -0.2) is 34.9 Å². The zero-order chi connectivity index (χ0) is 20.4. The van der Waals surface area contributed by atoms with Crippen molar-refractivity contribution in [3.8, 4) is 11.5 Å². The third-order valence-electron chi connectivity index (χ3n) is 4.80. The second kappa shape index (κ2) is 7.67. The van der Waals surface area contributed by atoms with Crippen molar-refractivity contribution in [3.63, 3.8) is 0 Å². The number of hydrogen-bond acceptors (Lipinski definition) is 6. The van der Waals surface area contributed by atoms with Gasteiger partial charge in [-0.25, -0.2) is 4.68 Å². The molecule has 0 bridgehead atoms. The van der Waals surface area contributed by atoms with E-state index in [0.717, 1.165) is 5.56 Å². The number of aromatic nitrogens is 3. The zero-order valence-corrected chi connectivity index (χ0v) is 16.3. The fourth-order valence-electron chi connectivity index (χ4n) is 3.52. The van der Waals surface area contributed by atoms with Crippen LogP contribution in [0.2, 0.25) is 0 Å². The molecule has 0 unspecified atom stereocenters. The molecule has 148 valence electrons. The van der Waals surface area contributed by atoms with Crippen molar-refractivity contribution < 1.29 is 14.3 Å². The van der Waals surface area contributed by atoms with E-state index in [1.165, 1.54) is 6.33 Å². The number of benzene rings is 2. The summed E-state index contributed by atoms with van der Waals surface area (Å²) in [5.74, 6) is 1.43. The number of fused-ring (bicyclic) bond motifs is 1. The average Bonchev–Trinajstić information content (AvgIpc) is 3.20. The molecule has 29 heavy (non-hydrogen) atoms. The van der Waals surface area contributed by atoms with E-state index in [4.69, 9.17) is 9.47 Å². The Hall–Kier alpha value is -3.81. The van der Waals surface area contributed by atoms with E-state index in [9.17, 15) is 4.79 Å². The minimum Gasteiger partial charge on any atom is -0.493 e. The molecule has 2 heterocycles. The Morgan fingerprint density at radius 2 is 1.90 bits per heavy atom. The summed E-state index contributed by atoms with van der Waals surface area (Å²) in [7, 11) is 3.15. The lowest BCUT2D eigenvalue weighted by Gasteiger charge is -2.30. The Kier molecular flexibility index (Phi) is 4.90. The summed E-state index contributed by atoms with van der Waals surface area (Å²) >= 11 is 0. The van der Waals surface area contributed by atoms with Gasteiger partial charge in [-0.15, -0.1) is 0 Å². The lowest BCUT2D eigenvalue weighted by atomic mass is 9.94. The lowest BCUT2D eigenvalue weighted by molar-refractivity contribution is -0.113. The van der Waals surface area contributed by atoms with Crippen LogP contribution < -0.4 is 20.1 Å². The van der Waals surface area contributed by atoms with Crippen LogP contribution in [0.3, 0.4) is 0 Å². The lowest BCUT2D eigenvalue weighted by Crippen LogP contribution is -2.31. The van der Waals surface area contributed by atoms with Gasteiger partial charge in [0.1, 0.15) is 12.4 Å². The van der Waals surface area contributed by atoms with E-state index in [1.54, 1.807) is 18.9 Å². The standard InChI is InChI=1S/C21H21N5O3/c1-13-17(20(27)25-14-8-5-4-6-9-14)18(26-21(24-13)22-12-23-26)15-10-7-11-16(28-2)19(15)29-3/h4-12,18H,1-3H3,(H,25,27)(H,22,23,24)/t18-/m1/s1. The topological polar surface area (TPSA) is 90.3 Å². The van der Waals surface area contributed by atoms with Crippen molar-refractivity contribution >= 4 is 17.5 Å². The number of carbonyl (C=O) groups is 1. The molecule has 0 saturated heterocycles. The Bertz CT molecular complexity index is 1070. The first-order valence-corrected chi connectivity index (χ1v) is 9.08. The maximum Gasteiger partial charge on any atom is 0.255 e. The van der Waals surface area contributed by atoms with Crippen LogP contribution in [0.15, 0.2) is 66.1 Å². The molecular formula is C21H21N5O3. The Morgan fingerprint density at radius 1 is 1.10 bits per heavy atom. The minimum absolute atomic E-state index is 0.239. The number of amides is 1. The van der Waals surface area contributed by atoms with E-state index < -0.39 is 6.04 Å². The second-order valence-electron chi connectivity index (χ2n) is 6.50. The number of nitrogens with zero attached hydrogens (tertiary/aromatic N) is 3. The van der Waals surface area contributed by atoms with Crippen LogP contribution >= 0.6 is 0 Å². The SMILES string of the molecule is COc1cccc([C@@H]2C(C(=O)Nc3ccccc3)=C(C)Nc3ncnn32)c1OC. The molecule has 2 aromatic carbocycles. The Balaban J connectivity index is 1.84. The van der Waals surface area contributed by atoms with Gasteiger partial charge in [-0.2, -0.15) is 10.1 Å². The summed E-state index contributed by atoms with van der Waals surface area (Å²) in [5.41, 5.74) is 2.66. The van der Waals surface area contributed by atoms with Crippen LogP contribution in [0, 0.1) is 0 Å². The fraction of sp³-hybridized carbons (Fsp3) is 0.190. The molecule has 0 radical (unpaired) electrons. The number of carbonyl (C=O) groups excluding carboxylic acids is 1. The normalized spacial score (nSPS) is 15.3. The third-order valence-corrected chi connectivity index (χ3v) is 4.80. The van der Waals surface area contributed by atoms with Crippen molar-refractivity contribution in [2.24, 2.45) is 0 Å². The van der Waals surface area contributed by atoms with Gasteiger partial charge in [-0.1, -0.05) is 30.3 Å². The predicted octanol–water partition coefficient (Wildman–Crippen LogP) is 3.22. The quantitative estimate of drug-likeness (QED) is 0.694. The van der Waals surface area contributed by atoms with E-state index in [0.29, 0.717) is 34.4 Å². The Labute approximate surface area is 168 Å². The number of nitrogens with one attached hydrogen (secondary N) is 2. The average molecular weight is 391 g/mol. The monoisotopic (exact) mass is 391 g/mol. The molecule has 0 fully saturated rings. The summed E-state index contributed by atoms with van der Waals surface area (Å²) in [6.45, 7) is 1.84. The van der Waals surface area contributed by atoms with E-state index in [2.05, 4.69) is 20.7 Å². The molecule has 1 atom stereocenters. The number of allylic oxidation sites excluding steroid dienone is 1. The summed E-state index contributed by atoms with van der Waals surface area (Å²) in [4.78, 5) is 17.6. The molecule has 1 amide bonds. The highest BCUT2D eigenvalue weighted by molar-refractivity contribution is 6.06. The van der Waals surface area contributed by atoms with Crippen LogP contribution in [0.25, 0.3) is 0 Å². The van der Waals surface area contributed by atoms with Gasteiger partial charge in [-0.05, 0) is 25.1 Å². The van der Waals surface area contributed by atoms with Crippen LogP contribution in [0.4, 0.5) is 11.6 Å². The maximum absolute atomic E-state index is 13.3. The number of para-hydroxylation sites is 2. The first-order chi connectivity index (χ1) is 14.1. The molecule has 0 saturated carbocycles. The van der Waals surface area contributed by atoms with Crippen molar-refractivity contribution in [2.45, 2.75) is 13.0 Å². The number of ether oxygens (including phenoxy) is 2. The molecule has 8 heteroatoms. The summed E-state index contributed by atoms with van der Waals surface area (Å²) in [6, 6.07) is 14.3. The van der Waals surface area contributed by atoms with E-state index in [-0.39, 0.29) is 5.91 Å². The first-order valence-electron chi connectivity index (χ1n) is 9.08. The number of hydrogen-bond donors (Lipinski definition) is 2. The smallest absolute Gasteiger partial charge is 0.255 e. The summed E-state index contributed by atoms with van der Waals surface area (Å²) in [6.07, 6.45) is 1.45. The molecule has 8 nitrogen and oxygen atoms in total. The van der Waals surface area contributed by atoms with Gasteiger partial charge in [0.25, 0.3) is 5.91 Å². The zero-order valence-electron chi connectivity index (χ0n) is 16.3. The van der Waals surface area contributed by atoms with E-state index in [1.807, 2.05) is 55.5 Å². The summed E-state index contributed by atoms with van der Waals surface area (Å²) in [5, 5.41) is 10.5. The van der Waals surface area contributed by atoms with Gasteiger partial charge in [0.2, 0.25) is 5.95 Å². The van der Waals surface area contributed by atoms with Crippen LogP contribution in [0.1, 0.15) is 18.5 Å². The molecule has 1 aromatic heterocycles. The molecule has 2 N–H and O–H groups in total. The molecule has 0 spiro atoms. The molecule has 1 aliphatic heterocycles. The first kappa shape index (κ1) is 18.5. The third kappa shape index (κ3) is 3.29. The van der Waals surface area contributed by atoms with Gasteiger partial charge in [0.15, 0.2) is 11.5 Å². The van der Waals surface area contributed by atoms with Crippen molar-refractivity contribution in [1.29, 1.82) is 0 Å². The number of methoxy groups -OCH3 is 2. The largest absolute Gasteiger partial charge is 0.493 e. The van der Waals surface area contributed by atoms with Crippen molar-refractivity contribution in [2.75, 3.05) is 24.9 Å². The summed E-state index contributed by atoms with van der Waals surface area (Å²) < 4.78 is 12.8. The molecular weight excluding hydrogens is 370 g/mol. The van der Waals surface area contributed by atoms with Gasteiger partial charge in [-0.3, -0.25) is 4.79 Å². The Morgan fingerprint density at radius 3 is 2.62 bits per heavy atom. The van der Waals surface area contributed by atoms with Crippen LogP contribution in [-0.2, 0) is 4.79 Å². The highest BCUT2D eigenvalue weighted by Crippen LogP contribution is 2.42. The van der Waals surface area contributed by atoms with Crippen molar-refractivity contribution in [1.82, 2.24) is 14.8 Å². The molecule has 1 aliphatic rings. The molecule has 3 aromatic rings. The van der Waals surface area contributed by atoms with Gasteiger partial charge in [0.05, 0.1) is 19.8 Å². The van der Waals surface area contributed by atoms with Crippen LogP contribution in [0.5, 0.6) is 11.5 Å².